The zero-order chi connectivity index (χ0) is 7.56. The van der Waals surface area contributed by atoms with Crippen molar-refractivity contribution in [3.63, 3.8) is 0 Å². The highest BCUT2D eigenvalue weighted by Gasteiger charge is 2.21. The van der Waals surface area contributed by atoms with Crippen LogP contribution in [0.4, 0.5) is 0 Å². The molecule has 0 aromatic rings. The highest BCUT2D eigenvalue weighted by atomic mass is 32.1. The van der Waals surface area contributed by atoms with Crippen LogP contribution in [0.25, 0.3) is 0 Å². The minimum atomic E-state index is -0.279. The van der Waals surface area contributed by atoms with Crippen LogP contribution >= 0.6 is 12.6 Å². The van der Waals surface area contributed by atoms with E-state index in [-0.39, 0.29) is 12.2 Å². The summed E-state index contributed by atoms with van der Waals surface area (Å²) in [6, 6.07) is 0. The summed E-state index contributed by atoms with van der Waals surface area (Å²) < 4.78 is 5.28. The van der Waals surface area contributed by atoms with E-state index in [2.05, 4.69) is 19.2 Å². The van der Waals surface area contributed by atoms with Gasteiger partial charge in [0.1, 0.15) is 6.10 Å². The van der Waals surface area contributed by atoms with E-state index < -0.39 is 0 Å². The Labute approximate surface area is 66.3 Å². The lowest BCUT2D eigenvalue weighted by atomic mass is 10.1. The summed E-state index contributed by atoms with van der Waals surface area (Å²) in [5.74, 6) is 1.33. The fourth-order valence-corrected chi connectivity index (χ4v) is 1.32. The monoisotopic (exact) mass is 160 g/mol. The molecule has 1 aliphatic heterocycles. The number of aliphatic hydroxyl groups is 1. The maximum absolute atomic E-state index is 9.21. The van der Waals surface area contributed by atoms with Gasteiger partial charge in [-0.05, 0) is 0 Å². The number of rotatable bonds is 1. The maximum Gasteiger partial charge on any atom is 0.109 e. The molecule has 0 spiro atoms. The molecule has 0 aliphatic carbocycles. The smallest absolute Gasteiger partial charge is 0.109 e. The zero-order valence-electron chi connectivity index (χ0n) is 5.79. The molecular formula is C7H12O2S. The van der Waals surface area contributed by atoms with Crippen molar-refractivity contribution in [3.05, 3.63) is 12.3 Å². The lowest BCUT2D eigenvalue weighted by Crippen LogP contribution is -2.28. The Morgan fingerprint density at radius 3 is 3.00 bits per heavy atom. The lowest BCUT2D eigenvalue weighted by Gasteiger charge is -2.27. The van der Waals surface area contributed by atoms with Gasteiger partial charge in [0.05, 0.1) is 11.9 Å². The first-order chi connectivity index (χ1) is 4.72. The van der Waals surface area contributed by atoms with Gasteiger partial charge in [0.2, 0.25) is 0 Å². The summed E-state index contributed by atoms with van der Waals surface area (Å²) >= 11 is 4.07. The molecule has 2 nitrogen and oxygen atoms in total. The van der Waals surface area contributed by atoms with E-state index >= 15 is 0 Å². The van der Waals surface area contributed by atoms with Crippen LogP contribution in [0, 0.1) is 0 Å². The first-order valence-corrected chi connectivity index (χ1v) is 3.99. The van der Waals surface area contributed by atoms with Crippen molar-refractivity contribution in [1.82, 2.24) is 0 Å². The van der Waals surface area contributed by atoms with Crippen molar-refractivity contribution in [2.75, 3.05) is 5.75 Å². The molecule has 1 aliphatic rings. The van der Waals surface area contributed by atoms with Crippen LogP contribution in [0.15, 0.2) is 12.3 Å². The van der Waals surface area contributed by atoms with E-state index in [9.17, 15) is 5.11 Å². The molecule has 1 N–H and O–H groups in total. The molecule has 0 bridgehead atoms. The topological polar surface area (TPSA) is 29.5 Å². The molecule has 2 unspecified atom stereocenters. The average Bonchev–Trinajstić information content (AvgIpc) is 1.85. The zero-order valence-corrected chi connectivity index (χ0v) is 6.68. The van der Waals surface area contributed by atoms with Gasteiger partial charge < -0.3 is 9.84 Å². The number of ether oxygens (including phenoxy) is 1. The fourth-order valence-electron chi connectivity index (χ4n) is 1.09. The summed E-state index contributed by atoms with van der Waals surface area (Å²) in [5.41, 5.74) is 0. The van der Waals surface area contributed by atoms with Crippen molar-refractivity contribution < 1.29 is 9.84 Å². The highest BCUT2D eigenvalue weighted by molar-refractivity contribution is 7.80. The van der Waals surface area contributed by atoms with Gasteiger partial charge in [0.25, 0.3) is 0 Å². The standard InChI is InChI=1S/C7H12O2S/c1-5-2-6(8)3-7(4-10)9-5/h6-8,10H,1-4H2. The summed E-state index contributed by atoms with van der Waals surface area (Å²) in [6.45, 7) is 3.65. The Balaban J connectivity index is 2.42. The largest absolute Gasteiger partial charge is 0.494 e. The molecule has 1 saturated heterocycles. The molecule has 1 fully saturated rings. The second-order valence-electron chi connectivity index (χ2n) is 2.55. The van der Waals surface area contributed by atoms with Gasteiger partial charge in [-0.25, -0.2) is 0 Å². The number of hydrogen-bond donors (Lipinski definition) is 2. The molecular weight excluding hydrogens is 148 g/mol. The summed E-state index contributed by atoms with van der Waals surface area (Å²) in [7, 11) is 0. The molecule has 0 radical (unpaired) electrons. The van der Waals surface area contributed by atoms with Gasteiger partial charge in [-0.15, -0.1) is 0 Å². The molecule has 0 aromatic carbocycles. The van der Waals surface area contributed by atoms with E-state index in [1.54, 1.807) is 0 Å². The first kappa shape index (κ1) is 7.95. The number of thiol groups is 1. The van der Waals surface area contributed by atoms with Gasteiger partial charge in [-0.3, -0.25) is 0 Å². The molecule has 0 amide bonds. The fraction of sp³-hybridized carbons (Fsp3) is 0.714. The van der Waals surface area contributed by atoms with Crippen molar-refractivity contribution >= 4 is 12.6 Å². The third kappa shape index (κ3) is 1.92. The molecule has 2 atom stereocenters. The highest BCUT2D eigenvalue weighted by Crippen LogP contribution is 2.21. The third-order valence-corrected chi connectivity index (χ3v) is 1.94. The van der Waals surface area contributed by atoms with E-state index in [0.29, 0.717) is 24.4 Å². The predicted octanol–water partition coefficient (Wildman–Crippen LogP) is 0.970. The summed E-state index contributed by atoms with van der Waals surface area (Å²) in [5, 5.41) is 9.21. The van der Waals surface area contributed by atoms with Crippen LogP contribution in [0.2, 0.25) is 0 Å². The van der Waals surface area contributed by atoms with E-state index in [4.69, 9.17) is 4.74 Å². The summed E-state index contributed by atoms with van der Waals surface area (Å²) in [4.78, 5) is 0. The van der Waals surface area contributed by atoms with Crippen LogP contribution in [0.3, 0.4) is 0 Å². The van der Waals surface area contributed by atoms with Crippen molar-refractivity contribution in [2.24, 2.45) is 0 Å². The second-order valence-corrected chi connectivity index (χ2v) is 2.92. The summed E-state index contributed by atoms with van der Waals surface area (Å²) in [6.07, 6.45) is 1.03. The number of aliphatic hydroxyl groups excluding tert-OH is 1. The molecule has 3 heteroatoms. The van der Waals surface area contributed by atoms with Crippen molar-refractivity contribution in [1.29, 1.82) is 0 Å². The van der Waals surface area contributed by atoms with Gasteiger partial charge in [-0.1, -0.05) is 6.58 Å². The molecule has 1 heterocycles. The first-order valence-electron chi connectivity index (χ1n) is 3.35. The maximum atomic E-state index is 9.21. The Kier molecular flexibility index (Phi) is 2.63. The lowest BCUT2D eigenvalue weighted by molar-refractivity contribution is 0.0141. The van der Waals surface area contributed by atoms with Crippen LogP contribution in [-0.4, -0.2) is 23.1 Å². The molecule has 1 rings (SSSR count). The SMILES string of the molecule is C=C1CC(O)CC(CS)O1. The van der Waals surface area contributed by atoms with Crippen LogP contribution in [-0.2, 0) is 4.74 Å². The van der Waals surface area contributed by atoms with Crippen LogP contribution in [0.1, 0.15) is 12.8 Å². The van der Waals surface area contributed by atoms with Crippen molar-refractivity contribution in [2.45, 2.75) is 25.0 Å². The van der Waals surface area contributed by atoms with Gasteiger partial charge in [-0.2, -0.15) is 12.6 Å². The van der Waals surface area contributed by atoms with Crippen molar-refractivity contribution in [3.8, 4) is 0 Å². The minimum absolute atomic E-state index is 0.0552. The Morgan fingerprint density at radius 1 is 1.80 bits per heavy atom. The second kappa shape index (κ2) is 3.30. The van der Waals surface area contributed by atoms with Crippen LogP contribution < -0.4 is 0 Å². The van der Waals surface area contributed by atoms with Crippen LogP contribution in [0.5, 0.6) is 0 Å². The Bertz CT molecular complexity index is 136. The molecule has 0 aromatic heterocycles. The third-order valence-electron chi connectivity index (χ3n) is 1.54. The Morgan fingerprint density at radius 2 is 2.50 bits per heavy atom. The van der Waals surface area contributed by atoms with Gasteiger partial charge in [0.15, 0.2) is 0 Å². The Hall–Kier alpha value is -0.150. The normalized spacial score (nSPS) is 33.6. The van der Waals surface area contributed by atoms with E-state index in [0.717, 1.165) is 0 Å². The predicted molar refractivity (Wildman–Crippen MR) is 43.1 cm³/mol. The van der Waals surface area contributed by atoms with E-state index in [1.807, 2.05) is 0 Å². The van der Waals surface area contributed by atoms with Gasteiger partial charge in [0, 0.05) is 18.6 Å². The van der Waals surface area contributed by atoms with E-state index in [1.165, 1.54) is 0 Å². The molecule has 10 heavy (non-hydrogen) atoms. The molecule has 58 valence electrons. The number of hydrogen-bond acceptors (Lipinski definition) is 3. The van der Waals surface area contributed by atoms with Gasteiger partial charge >= 0.3 is 0 Å². The quantitative estimate of drug-likeness (QED) is 0.560. The molecule has 0 saturated carbocycles. The average molecular weight is 160 g/mol. The minimum Gasteiger partial charge on any atom is -0.494 e.